The Balaban J connectivity index is 0.974. The number of hydrogen-bond donors (Lipinski definition) is 0. The van der Waals surface area contributed by atoms with Crippen molar-refractivity contribution in [2.75, 3.05) is 24.6 Å². The number of nitrogens with zero attached hydrogens (tertiary/aromatic N) is 3. The number of rotatable bonds is 8. The number of halogens is 2. The maximum absolute atomic E-state index is 12.1. The second-order valence-corrected chi connectivity index (χ2v) is 13.3. The van der Waals surface area contributed by atoms with Crippen molar-refractivity contribution in [3.63, 3.8) is 0 Å². The van der Waals surface area contributed by atoms with E-state index in [4.69, 9.17) is 42.2 Å². The van der Waals surface area contributed by atoms with Gasteiger partial charge < -0.3 is 18.9 Å². The van der Waals surface area contributed by atoms with Gasteiger partial charge in [0.15, 0.2) is 5.13 Å². The molecule has 0 N–H and O–H groups in total. The van der Waals surface area contributed by atoms with Crippen molar-refractivity contribution in [1.82, 2.24) is 10.1 Å². The van der Waals surface area contributed by atoms with Gasteiger partial charge in [-0.1, -0.05) is 45.8 Å². The molecule has 0 amide bonds. The van der Waals surface area contributed by atoms with Gasteiger partial charge in [0.25, 0.3) is 0 Å². The summed E-state index contributed by atoms with van der Waals surface area (Å²) in [4.78, 5) is 19.4. The molecule has 3 heterocycles. The van der Waals surface area contributed by atoms with Gasteiger partial charge in [0, 0.05) is 30.1 Å². The summed E-state index contributed by atoms with van der Waals surface area (Å²) in [7, 11) is 0. The van der Waals surface area contributed by atoms with E-state index in [-0.39, 0.29) is 12.1 Å². The Morgan fingerprint density at radius 2 is 1.90 bits per heavy atom. The third-order valence-corrected chi connectivity index (χ3v) is 10.4. The van der Waals surface area contributed by atoms with E-state index < -0.39 is 0 Å². The van der Waals surface area contributed by atoms with Gasteiger partial charge >= 0.3 is 5.97 Å². The Hall–Kier alpha value is -2.65. The molecule has 1 saturated heterocycles. The van der Waals surface area contributed by atoms with Gasteiger partial charge in [0.1, 0.15) is 11.5 Å². The zero-order valence-corrected chi connectivity index (χ0v) is 25.2. The third-order valence-electron chi connectivity index (χ3n) is 8.73. The normalized spacial score (nSPS) is 18.7. The molecule has 2 aromatic heterocycles. The van der Waals surface area contributed by atoms with Crippen LogP contribution in [0, 0.1) is 5.41 Å². The molecule has 41 heavy (non-hydrogen) atoms. The lowest BCUT2D eigenvalue weighted by atomic mass is 9.61. The van der Waals surface area contributed by atoms with Crippen LogP contribution in [0.2, 0.25) is 10.0 Å². The van der Waals surface area contributed by atoms with Gasteiger partial charge in [0.05, 0.1) is 45.1 Å². The molecule has 2 aliphatic carbocycles. The minimum absolute atomic E-state index is 0.224. The summed E-state index contributed by atoms with van der Waals surface area (Å²) in [6.07, 6.45) is 6.83. The number of esters is 1. The smallest absolute Gasteiger partial charge is 0.338 e. The van der Waals surface area contributed by atoms with Crippen LogP contribution < -0.4 is 4.90 Å². The molecule has 7 nitrogen and oxygen atoms in total. The average molecular weight is 613 g/mol. The zero-order valence-electron chi connectivity index (χ0n) is 22.8. The molecule has 4 aromatic rings. The highest BCUT2D eigenvalue weighted by Gasteiger charge is 2.47. The average Bonchev–Trinajstić information content (AvgIpc) is 3.57. The number of ether oxygens (including phenoxy) is 2. The van der Waals surface area contributed by atoms with E-state index in [1.165, 1.54) is 0 Å². The standard InChI is InChI=1S/C31H31Cl2N3O4S/c1-2-38-29(37)19-8-9-24-25(14-19)41-30(34-24)36-12-10-31(11-13-36)15-20(16-31)39-17-21-27(35-40-28(21)18-6-7-18)26-22(32)4-3-5-23(26)33/h3-5,8-9,14,18,20H,2,6-7,10-13,15-17H2,1H3. The molecular weight excluding hydrogens is 581 g/mol. The molecule has 214 valence electrons. The minimum Gasteiger partial charge on any atom is -0.462 e. The third kappa shape index (κ3) is 5.24. The topological polar surface area (TPSA) is 77.7 Å². The summed E-state index contributed by atoms with van der Waals surface area (Å²) < 4.78 is 18.4. The van der Waals surface area contributed by atoms with E-state index in [0.29, 0.717) is 45.8 Å². The SMILES string of the molecule is CCOC(=O)c1ccc2nc(N3CCC4(CC3)CC(OCc3c(-c5c(Cl)cccc5Cl)noc3C3CC3)C4)sc2c1. The molecule has 3 fully saturated rings. The monoisotopic (exact) mass is 611 g/mol. The van der Waals surface area contributed by atoms with Crippen molar-refractivity contribution < 1.29 is 18.8 Å². The van der Waals surface area contributed by atoms with E-state index in [2.05, 4.69) is 10.1 Å². The molecule has 7 rings (SSSR count). The van der Waals surface area contributed by atoms with Crippen molar-refractivity contribution in [1.29, 1.82) is 0 Å². The van der Waals surface area contributed by atoms with Crippen LogP contribution in [0.4, 0.5) is 5.13 Å². The van der Waals surface area contributed by atoms with Gasteiger partial charge in [-0.05, 0) is 81.2 Å². The fourth-order valence-corrected chi connectivity index (χ4v) is 7.88. The molecule has 2 aromatic carbocycles. The second-order valence-electron chi connectivity index (χ2n) is 11.5. The first kappa shape index (κ1) is 27.2. The van der Waals surface area contributed by atoms with E-state index in [9.17, 15) is 4.79 Å². The Labute approximate surface area is 252 Å². The molecule has 10 heteroatoms. The molecule has 0 atom stereocenters. The van der Waals surface area contributed by atoms with Crippen LogP contribution in [-0.2, 0) is 16.1 Å². The summed E-state index contributed by atoms with van der Waals surface area (Å²) in [5, 5.41) is 6.55. The van der Waals surface area contributed by atoms with Crippen LogP contribution in [0.3, 0.4) is 0 Å². The van der Waals surface area contributed by atoms with Gasteiger partial charge in [-0.25, -0.2) is 9.78 Å². The Morgan fingerprint density at radius 1 is 1.15 bits per heavy atom. The van der Waals surface area contributed by atoms with Crippen LogP contribution in [0.15, 0.2) is 40.9 Å². The van der Waals surface area contributed by atoms with Crippen LogP contribution in [0.5, 0.6) is 0 Å². The highest BCUT2D eigenvalue weighted by molar-refractivity contribution is 7.22. The predicted molar refractivity (Wildman–Crippen MR) is 161 cm³/mol. The van der Waals surface area contributed by atoms with Gasteiger partial charge in [-0.15, -0.1) is 0 Å². The van der Waals surface area contributed by atoms with E-state index in [1.54, 1.807) is 17.4 Å². The van der Waals surface area contributed by atoms with Gasteiger partial charge in [-0.3, -0.25) is 0 Å². The highest BCUT2D eigenvalue weighted by atomic mass is 35.5. The molecule has 1 aliphatic heterocycles. The first-order valence-corrected chi connectivity index (χ1v) is 15.9. The summed E-state index contributed by atoms with van der Waals surface area (Å²) in [5.74, 6) is 1.04. The lowest BCUT2D eigenvalue weighted by molar-refractivity contribution is -0.0979. The number of carbonyl (C=O) groups is 1. The largest absolute Gasteiger partial charge is 0.462 e. The van der Waals surface area contributed by atoms with Crippen LogP contribution in [0.25, 0.3) is 21.5 Å². The second kappa shape index (κ2) is 10.9. The lowest BCUT2D eigenvalue weighted by Crippen LogP contribution is -2.50. The maximum Gasteiger partial charge on any atom is 0.338 e. The maximum atomic E-state index is 12.1. The summed E-state index contributed by atoms with van der Waals surface area (Å²) in [6.45, 7) is 4.59. The number of fused-ring (bicyclic) bond motifs is 1. The van der Waals surface area contributed by atoms with Crippen LogP contribution >= 0.6 is 34.5 Å². The Bertz CT molecular complexity index is 1580. The van der Waals surface area contributed by atoms with E-state index in [1.807, 2.05) is 37.3 Å². The first-order chi connectivity index (χ1) is 19.9. The number of hydrogen-bond acceptors (Lipinski definition) is 8. The summed E-state index contributed by atoms with van der Waals surface area (Å²) >= 11 is 14.7. The van der Waals surface area contributed by atoms with Gasteiger partial charge in [-0.2, -0.15) is 0 Å². The molecule has 2 saturated carbocycles. The number of benzene rings is 2. The van der Waals surface area contributed by atoms with Crippen molar-refractivity contribution in [2.45, 2.75) is 64.1 Å². The number of anilines is 1. The molecule has 0 bridgehead atoms. The molecule has 0 unspecified atom stereocenters. The van der Waals surface area contributed by atoms with Crippen LogP contribution in [0.1, 0.15) is 73.0 Å². The quantitative estimate of drug-likeness (QED) is 0.185. The zero-order chi connectivity index (χ0) is 28.1. The van der Waals surface area contributed by atoms with Gasteiger partial charge in [0.2, 0.25) is 0 Å². The van der Waals surface area contributed by atoms with Crippen molar-refractivity contribution in [2.24, 2.45) is 5.41 Å². The number of piperidine rings is 1. The summed E-state index contributed by atoms with van der Waals surface area (Å²) in [5.41, 5.74) is 4.24. The lowest BCUT2D eigenvalue weighted by Gasteiger charge is -2.51. The van der Waals surface area contributed by atoms with E-state index >= 15 is 0 Å². The summed E-state index contributed by atoms with van der Waals surface area (Å²) in [6, 6.07) is 11.1. The van der Waals surface area contributed by atoms with Crippen molar-refractivity contribution in [3.8, 4) is 11.3 Å². The first-order valence-electron chi connectivity index (χ1n) is 14.3. The van der Waals surface area contributed by atoms with Crippen molar-refractivity contribution in [3.05, 3.63) is 63.3 Å². The highest BCUT2D eigenvalue weighted by Crippen LogP contribution is 2.52. The number of aromatic nitrogens is 2. The number of carbonyl (C=O) groups excluding carboxylic acids is 1. The van der Waals surface area contributed by atoms with E-state index in [0.717, 1.165) is 83.8 Å². The Morgan fingerprint density at radius 3 is 2.61 bits per heavy atom. The number of thiazole rings is 1. The minimum atomic E-state index is -0.289. The molecule has 3 aliphatic rings. The molecule has 1 spiro atoms. The fraction of sp³-hybridized carbons (Fsp3) is 0.452. The van der Waals surface area contributed by atoms with Crippen molar-refractivity contribution >= 4 is 55.9 Å². The fourth-order valence-electron chi connectivity index (χ4n) is 6.24. The molecule has 0 radical (unpaired) electrons. The van der Waals surface area contributed by atoms with Crippen LogP contribution in [-0.4, -0.2) is 41.9 Å². The Kier molecular flexibility index (Phi) is 7.22. The molecular formula is C31H31Cl2N3O4S. The predicted octanol–water partition coefficient (Wildman–Crippen LogP) is 8.28.